The van der Waals surface area contributed by atoms with Gasteiger partial charge in [-0.3, -0.25) is 4.79 Å². The molecule has 22 heavy (non-hydrogen) atoms. The monoisotopic (exact) mass is 299 g/mol. The molecule has 1 aliphatic rings. The van der Waals surface area contributed by atoms with E-state index in [1.807, 2.05) is 0 Å². The molecule has 0 radical (unpaired) electrons. The summed E-state index contributed by atoms with van der Waals surface area (Å²) in [5.41, 5.74) is 1.60. The van der Waals surface area contributed by atoms with E-state index in [0.717, 1.165) is 30.2 Å². The molecule has 0 aliphatic heterocycles. The molecule has 0 unspecified atom stereocenters. The first-order valence-corrected chi connectivity index (χ1v) is 6.99. The van der Waals surface area contributed by atoms with Crippen LogP contribution in [0.2, 0.25) is 0 Å². The maximum atomic E-state index is 13.1. The zero-order valence-corrected chi connectivity index (χ0v) is 11.7. The zero-order valence-electron chi connectivity index (χ0n) is 11.7. The van der Waals surface area contributed by atoms with Gasteiger partial charge in [0.05, 0.1) is 5.69 Å². The number of hydrogen-bond acceptors (Lipinski definition) is 2. The van der Waals surface area contributed by atoms with E-state index in [1.54, 1.807) is 28.8 Å². The summed E-state index contributed by atoms with van der Waals surface area (Å²) in [7, 11) is 0. The number of aromatic nitrogens is 1. The number of benzene rings is 1. The van der Waals surface area contributed by atoms with Crippen molar-refractivity contribution in [2.45, 2.75) is 18.9 Å². The minimum absolute atomic E-state index is 0.130. The lowest BCUT2D eigenvalue weighted by Crippen LogP contribution is -2.22. The summed E-state index contributed by atoms with van der Waals surface area (Å²) in [4.78, 5) is 23.2. The van der Waals surface area contributed by atoms with Crippen LogP contribution in [0.3, 0.4) is 0 Å². The minimum atomic E-state index is -1.10. The molecule has 112 valence electrons. The lowest BCUT2D eigenvalue weighted by atomic mass is 10.1. The fourth-order valence-corrected chi connectivity index (χ4v) is 2.41. The third-order valence-electron chi connectivity index (χ3n) is 3.60. The first-order valence-electron chi connectivity index (χ1n) is 6.99. The number of aliphatic carboxylic acids is 1. The Kier molecular flexibility index (Phi) is 3.63. The van der Waals surface area contributed by atoms with Gasteiger partial charge in [-0.15, -0.1) is 0 Å². The fraction of sp³-hybridized carbons (Fsp3) is 0.176. The van der Waals surface area contributed by atoms with Gasteiger partial charge in [-0.2, -0.15) is 0 Å². The van der Waals surface area contributed by atoms with Crippen molar-refractivity contribution in [2.75, 3.05) is 0 Å². The Bertz CT molecular complexity index is 802. The average molecular weight is 299 g/mol. The van der Waals surface area contributed by atoms with Crippen LogP contribution in [0.15, 0.2) is 47.3 Å². The minimum Gasteiger partial charge on any atom is -0.478 e. The van der Waals surface area contributed by atoms with Crippen LogP contribution in [-0.4, -0.2) is 15.6 Å². The second kappa shape index (κ2) is 5.60. The Morgan fingerprint density at radius 2 is 1.86 bits per heavy atom. The molecule has 1 N–H and O–H groups in total. The number of carboxylic acids is 1. The van der Waals surface area contributed by atoms with E-state index in [-0.39, 0.29) is 17.4 Å². The highest BCUT2D eigenvalue weighted by Gasteiger charge is 2.27. The van der Waals surface area contributed by atoms with Crippen molar-refractivity contribution in [1.82, 2.24) is 4.57 Å². The Balaban J connectivity index is 2.12. The van der Waals surface area contributed by atoms with Crippen LogP contribution >= 0.6 is 0 Å². The maximum Gasteiger partial charge on any atom is 0.328 e. The van der Waals surface area contributed by atoms with Crippen LogP contribution < -0.4 is 5.56 Å². The molecule has 0 bridgehead atoms. The van der Waals surface area contributed by atoms with Gasteiger partial charge >= 0.3 is 5.97 Å². The molecule has 3 rings (SSSR count). The number of nitrogens with zero attached hydrogens (tertiary/aromatic N) is 1. The molecule has 1 aliphatic carbocycles. The molecule has 1 aromatic carbocycles. The van der Waals surface area contributed by atoms with E-state index in [1.165, 1.54) is 18.2 Å². The van der Waals surface area contributed by atoms with E-state index in [0.29, 0.717) is 5.56 Å². The molecular formula is C17H14FNO3. The number of pyridine rings is 1. The first kappa shape index (κ1) is 14.3. The summed E-state index contributed by atoms with van der Waals surface area (Å²) < 4.78 is 14.7. The zero-order chi connectivity index (χ0) is 15.7. The maximum absolute atomic E-state index is 13.1. The molecule has 5 heteroatoms. The SMILES string of the molecule is O=C(O)/C=C/c1ccc(-c2ccc(F)cc2)n(C2CC2)c1=O. The van der Waals surface area contributed by atoms with E-state index in [2.05, 4.69) is 0 Å². The van der Waals surface area contributed by atoms with Gasteiger partial charge in [-0.1, -0.05) is 0 Å². The van der Waals surface area contributed by atoms with Crippen molar-refractivity contribution in [3.05, 3.63) is 64.2 Å². The van der Waals surface area contributed by atoms with Crippen LogP contribution in [0.1, 0.15) is 24.4 Å². The van der Waals surface area contributed by atoms with Crippen molar-refractivity contribution in [3.63, 3.8) is 0 Å². The summed E-state index contributed by atoms with van der Waals surface area (Å²) in [6, 6.07) is 9.48. The van der Waals surface area contributed by atoms with E-state index in [4.69, 9.17) is 5.11 Å². The van der Waals surface area contributed by atoms with Gasteiger partial charge in [0.25, 0.3) is 5.56 Å². The predicted octanol–water partition coefficient (Wildman–Crippen LogP) is 3.09. The Morgan fingerprint density at radius 3 is 2.45 bits per heavy atom. The molecule has 4 nitrogen and oxygen atoms in total. The van der Waals surface area contributed by atoms with Gasteiger partial charge in [0.15, 0.2) is 0 Å². The Morgan fingerprint density at radius 1 is 1.18 bits per heavy atom. The highest BCUT2D eigenvalue weighted by molar-refractivity contribution is 5.85. The highest BCUT2D eigenvalue weighted by Crippen LogP contribution is 2.37. The number of carbonyl (C=O) groups is 1. The Labute approximate surface area is 126 Å². The van der Waals surface area contributed by atoms with E-state index < -0.39 is 5.97 Å². The van der Waals surface area contributed by atoms with Gasteiger partial charge in [-0.05, 0) is 60.9 Å². The van der Waals surface area contributed by atoms with Crippen LogP contribution in [0.5, 0.6) is 0 Å². The van der Waals surface area contributed by atoms with Gasteiger partial charge in [0, 0.05) is 17.7 Å². The van der Waals surface area contributed by atoms with Crippen LogP contribution in [0, 0.1) is 5.82 Å². The molecule has 1 heterocycles. The number of rotatable bonds is 4. The smallest absolute Gasteiger partial charge is 0.328 e. The normalized spacial score (nSPS) is 14.4. The van der Waals surface area contributed by atoms with Gasteiger partial charge in [0.1, 0.15) is 5.82 Å². The molecule has 1 aromatic heterocycles. The summed E-state index contributed by atoms with van der Waals surface area (Å²) >= 11 is 0. The summed E-state index contributed by atoms with van der Waals surface area (Å²) in [5, 5.41) is 8.68. The molecule has 0 spiro atoms. The second-order valence-corrected chi connectivity index (χ2v) is 5.26. The van der Waals surface area contributed by atoms with Gasteiger partial charge in [0.2, 0.25) is 0 Å². The molecule has 0 saturated heterocycles. The lowest BCUT2D eigenvalue weighted by molar-refractivity contribution is -0.131. The molecule has 0 atom stereocenters. The lowest BCUT2D eigenvalue weighted by Gasteiger charge is -2.13. The molecular weight excluding hydrogens is 285 g/mol. The van der Waals surface area contributed by atoms with Crippen LogP contribution in [0.25, 0.3) is 17.3 Å². The van der Waals surface area contributed by atoms with E-state index >= 15 is 0 Å². The number of halogens is 1. The number of carboxylic acid groups (broad SMARTS) is 1. The van der Waals surface area contributed by atoms with Crippen molar-refractivity contribution < 1.29 is 14.3 Å². The summed E-state index contributed by atoms with van der Waals surface area (Å²) in [6.07, 6.45) is 4.09. The topological polar surface area (TPSA) is 59.3 Å². The van der Waals surface area contributed by atoms with Gasteiger partial charge in [-0.25, -0.2) is 9.18 Å². The molecule has 2 aromatic rings. The standard InChI is InChI=1S/C17H14FNO3/c18-13-5-1-11(2-6-13)15-9-3-12(4-10-16(20)21)17(22)19(15)14-7-8-14/h1-6,9-10,14H,7-8H2,(H,20,21)/b10-4+. The summed E-state index contributed by atoms with van der Waals surface area (Å²) in [6.45, 7) is 0. The Hall–Kier alpha value is -2.69. The van der Waals surface area contributed by atoms with Crippen molar-refractivity contribution in [1.29, 1.82) is 0 Å². The van der Waals surface area contributed by atoms with Gasteiger partial charge < -0.3 is 9.67 Å². The molecule has 1 saturated carbocycles. The van der Waals surface area contributed by atoms with Crippen LogP contribution in [0.4, 0.5) is 4.39 Å². The van der Waals surface area contributed by atoms with Crippen LogP contribution in [-0.2, 0) is 4.79 Å². The van der Waals surface area contributed by atoms with Crippen molar-refractivity contribution in [3.8, 4) is 11.3 Å². The van der Waals surface area contributed by atoms with Crippen molar-refractivity contribution >= 4 is 12.0 Å². The average Bonchev–Trinajstić information content (AvgIpc) is 3.31. The second-order valence-electron chi connectivity index (χ2n) is 5.26. The fourth-order valence-electron chi connectivity index (χ4n) is 2.41. The highest BCUT2D eigenvalue weighted by atomic mass is 19.1. The predicted molar refractivity (Wildman–Crippen MR) is 81.0 cm³/mol. The third kappa shape index (κ3) is 2.83. The third-order valence-corrected chi connectivity index (χ3v) is 3.60. The van der Waals surface area contributed by atoms with E-state index in [9.17, 15) is 14.0 Å². The van der Waals surface area contributed by atoms with Crippen molar-refractivity contribution in [2.24, 2.45) is 0 Å². The molecule has 1 fully saturated rings. The first-order chi connectivity index (χ1) is 10.6. The quantitative estimate of drug-likeness (QED) is 0.883. The summed E-state index contributed by atoms with van der Waals surface area (Å²) in [5.74, 6) is -1.43. The largest absolute Gasteiger partial charge is 0.478 e. The number of hydrogen-bond donors (Lipinski definition) is 1. The molecule has 0 amide bonds.